The van der Waals surface area contributed by atoms with Gasteiger partial charge in [-0.05, 0) is 42.4 Å². The van der Waals surface area contributed by atoms with Crippen LogP contribution in [0.3, 0.4) is 0 Å². The number of fused-ring (bicyclic) bond motifs is 1. The average molecular weight is 401 g/mol. The number of aliphatic imine (C=N–C) groups is 1. The molecule has 0 radical (unpaired) electrons. The van der Waals surface area contributed by atoms with Crippen LogP contribution in [-0.4, -0.2) is 23.7 Å². The Morgan fingerprint density at radius 2 is 1.80 bits per heavy atom. The summed E-state index contributed by atoms with van der Waals surface area (Å²) in [5.41, 5.74) is 11.0. The molecule has 1 saturated carbocycles. The van der Waals surface area contributed by atoms with Crippen LogP contribution < -0.4 is 5.73 Å². The Hall–Kier alpha value is -2.92. The van der Waals surface area contributed by atoms with Gasteiger partial charge in [-0.1, -0.05) is 61.5 Å². The third-order valence-electron chi connectivity index (χ3n) is 6.59. The van der Waals surface area contributed by atoms with Crippen molar-refractivity contribution in [3.63, 3.8) is 0 Å². The Bertz CT molecular complexity index is 1020. The van der Waals surface area contributed by atoms with Crippen molar-refractivity contribution < 1.29 is 4.74 Å². The van der Waals surface area contributed by atoms with Gasteiger partial charge in [-0.2, -0.15) is 5.10 Å². The Morgan fingerprint density at radius 1 is 1.07 bits per heavy atom. The van der Waals surface area contributed by atoms with Crippen LogP contribution in [0.2, 0.25) is 0 Å². The van der Waals surface area contributed by atoms with Crippen LogP contribution >= 0.6 is 0 Å². The Balaban J connectivity index is 1.56. The number of hydrazone groups is 1. The second kappa shape index (κ2) is 7.40. The van der Waals surface area contributed by atoms with E-state index in [0.717, 1.165) is 36.6 Å². The summed E-state index contributed by atoms with van der Waals surface area (Å²) in [6, 6.07) is 19.2. The second-order valence-electron chi connectivity index (χ2n) is 8.39. The van der Waals surface area contributed by atoms with Gasteiger partial charge in [0.2, 0.25) is 0 Å². The number of ether oxygens (including phenoxy) is 1. The molecular weight excluding hydrogens is 372 g/mol. The molecule has 2 aromatic rings. The third-order valence-corrected chi connectivity index (χ3v) is 6.59. The maximum Gasteiger partial charge on any atom is 0.188 e. The standard InChI is InChI=1S/C25H28N4O/c1-3-20-16-21(30-2)24-27-22(23(29(24)28-20)18-8-5-4-6-9-18)17-10-12-19(13-11-17)25(26)14-7-15-25/h4-6,8-13,16,22-23H,3,7,14-15,26H2,1-2H3. The van der Waals surface area contributed by atoms with Gasteiger partial charge in [-0.15, -0.1) is 0 Å². The molecule has 30 heavy (non-hydrogen) atoms. The van der Waals surface area contributed by atoms with E-state index in [1.807, 2.05) is 17.2 Å². The maximum atomic E-state index is 6.53. The molecule has 3 aliphatic rings. The van der Waals surface area contributed by atoms with Crippen molar-refractivity contribution in [1.82, 2.24) is 5.01 Å². The van der Waals surface area contributed by atoms with Gasteiger partial charge in [-0.3, -0.25) is 4.99 Å². The van der Waals surface area contributed by atoms with Crippen LogP contribution in [0.5, 0.6) is 0 Å². The molecule has 0 amide bonds. The van der Waals surface area contributed by atoms with Crippen molar-refractivity contribution >= 4 is 11.5 Å². The van der Waals surface area contributed by atoms with E-state index >= 15 is 0 Å². The largest absolute Gasteiger partial charge is 0.493 e. The first kappa shape index (κ1) is 19.1. The van der Waals surface area contributed by atoms with Crippen LogP contribution in [0.25, 0.3) is 0 Å². The number of nitrogens with two attached hydrogens (primary N) is 1. The van der Waals surface area contributed by atoms with E-state index in [0.29, 0.717) is 0 Å². The van der Waals surface area contributed by atoms with Crippen molar-refractivity contribution in [1.29, 1.82) is 0 Å². The highest BCUT2D eigenvalue weighted by atomic mass is 16.5. The van der Waals surface area contributed by atoms with E-state index < -0.39 is 0 Å². The molecule has 0 spiro atoms. The summed E-state index contributed by atoms with van der Waals surface area (Å²) < 4.78 is 5.68. The molecule has 1 aliphatic carbocycles. The predicted molar refractivity (Wildman–Crippen MR) is 120 cm³/mol. The zero-order valence-electron chi connectivity index (χ0n) is 17.6. The minimum Gasteiger partial charge on any atom is -0.493 e. The number of amidine groups is 1. The van der Waals surface area contributed by atoms with Gasteiger partial charge in [-0.25, -0.2) is 5.01 Å². The highest BCUT2D eigenvalue weighted by Crippen LogP contribution is 2.45. The number of nitrogens with zero attached hydrogens (tertiary/aromatic N) is 3. The van der Waals surface area contributed by atoms with Gasteiger partial charge in [0.25, 0.3) is 0 Å². The van der Waals surface area contributed by atoms with Crippen LogP contribution in [0, 0.1) is 0 Å². The molecule has 5 rings (SSSR count). The number of benzene rings is 2. The smallest absolute Gasteiger partial charge is 0.188 e. The summed E-state index contributed by atoms with van der Waals surface area (Å²) in [5.74, 6) is 1.57. The molecule has 154 valence electrons. The maximum absolute atomic E-state index is 6.53. The number of allylic oxidation sites excluding steroid dienone is 1. The Labute approximate surface area is 177 Å². The van der Waals surface area contributed by atoms with E-state index in [-0.39, 0.29) is 17.6 Å². The predicted octanol–water partition coefficient (Wildman–Crippen LogP) is 4.83. The molecule has 2 N–H and O–H groups in total. The number of methoxy groups -OCH3 is 1. The quantitative estimate of drug-likeness (QED) is 0.782. The molecule has 0 aromatic heterocycles. The summed E-state index contributed by atoms with van der Waals surface area (Å²) in [7, 11) is 1.70. The van der Waals surface area contributed by atoms with E-state index in [4.69, 9.17) is 20.6 Å². The third kappa shape index (κ3) is 3.05. The highest BCUT2D eigenvalue weighted by molar-refractivity contribution is 6.09. The lowest BCUT2D eigenvalue weighted by atomic mass is 9.72. The summed E-state index contributed by atoms with van der Waals surface area (Å²) >= 11 is 0. The monoisotopic (exact) mass is 400 g/mol. The van der Waals surface area contributed by atoms with E-state index in [1.54, 1.807) is 7.11 Å². The van der Waals surface area contributed by atoms with E-state index in [2.05, 4.69) is 55.5 Å². The molecule has 5 nitrogen and oxygen atoms in total. The van der Waals surface area contributed by atoms with Gasteiger partial charge in [0.1, 0.15) is 12.1 Å². The Morgan fingerprint density at radius 3 is 2.40 bits per heavy atom. The summed E-state index contributed by atoms with van der Waals surface area (Å²) in [6.07, 6.45) is 6.18. The zero-order valence-corrected chi connectivity index (χ0v) is 17.6. The second-order valence-corrected chi connectivity index (χ2v) is 8.39. The van der Waals surface area contributed by atoms with Gasteiger partial charge in [0.05, 0.1) is 12.8 Å². The Kier molecular flexibility index (Phi) is 4.70. The number of hydrogen-bond acceptors (Lipinski definition) is 5. The fourth-order valence-corrected chi connectivity index (χ4v) is 4.61. The van der Waals surface area contributed by atoms with Crippen molar-refractivity contribution in [3.8, 4) is 0 Å². The minimum atomic E-state index is -0.150. The van der Waals surface area contributed by atoms with Crippen molar-refractivity contribution in [2.24, 2.45) is 15.8 Å². The SMILES string of the molecule is CCC1=NN2C(=NC(c3ccc(C4(N)CCC4)cc3)C2c2ccccc2)C(OC)=C1. The van der Waals surface area contributed by atoms with Crippen LogP contribution in [0.15, 0.2) is 76.5 Å². The molecule has 2 heterocycles. The van der Waals surface area contributed by atoms with Gasteiger partial charge in [0, 0.05) is 11.6 Å². The number of hydrogen-bond donors (Lipinski definition) is 1. The van der Waals surface area contributed by atoms with Crippen LogP contribution in [0.1, 0.15) is 61.4 Å². The lowest BCUT2D eigenvalue weighted by Crippen LogP contribution is -2.43. The van der Waals surface area contributed by atoms with Crippen LogP contribution in [-0.2, 0) is 10.3 Å². The van der Waals surface area contributed by atoms with Gasteiger partial charge < -0.3 is 10.5 Å². The fourth-order valence-electron chi connectivity index (χ4n) is 4.61. The summed E-state index contributed by atoms with van der Waals surface area (Å²) in [6.45, 7) is 2.11. The molecule has 5 heteroatoms. The van der Waals surface area contributed by atoms with Crippen LogP contribution in [0.4, 0.5) is 0 Å². The lowest BCUT2D eigenvalue weighted by Gasteiger charge is -2.38. The molecular formula is C25H28N4O. The molecule has 0 bridgehead atoms. The minimum absolute atomic E-state index is 0.0111. The first-order chi connectivity index (χ1) is 14.6. The molecule has 2 atom stereocenters. The fraction of sp³-hybridized carbons (Fsp3) is 0.360. The zero-order chi connectivity index (χ0) is 20.7. The molecule has 2 aliphatic heterocycles. The van der Waals surface area contributed by atoms with Crippen molar-refractivity contribution in [3.05, 3.63) is 83.1 Å². The first-order valence-electron chi connectivity index (χ1n) is 10.8. The first-order valence-corrected chi connectivity index (χ1v) is 10.8. The van der Waals surface area contributed by atoms with Crippen molar-refractivity contribution in [2.75, 3.05) is 7.11 Å². The summed E-state index contributed by atoms with van der Waals surface area (Å²) in [5, 5.41) is 6.96. The van der Waals surface area contributed by atoms with Gasteiger partial charge >= 0.3 is 0 Å². The summed E-state index contributed by atoms with van der Waals surface area (Å²) in [4.78, 5) is 5.10. The van der Waals surface area contributed by atoms with Gasteiger partial charge in [0.15, 0.2) is 11.6 Å². The molecule has 2 aromatic carbocycles. The molecule has 1 fully saturated rings. The molecule has 2 unspecified atom stereocenters. The van der Waals surface area contributed by atoms with Crippen molar-refractivity contribution in [2.45, 2.75) is 50.2 Å². The normalized spacial score (nSPS) is 24.4. The average Bonchev–Trinajstić information content (AvgIpc) is 3.17. The van der Waals surface area contributed by atoms with E-state index in [9.17, 15) is 0 Å². The van der Waals surface area contributed by atoms with E-state index in [1.165, 1.54) is 23.1 Å². The molecule has 0 saturated heterocycles. The number of rotatable bonds is 5. The topological polar surface area (TPSA) is 63.2 Å². The lowest BCUT2D eigenvalue weighted by molar-refractivity contribution is 0.253. The highest BCUT2D eigenvalue weighted by Gasteiger charge is 2.42.